The first-order valence-corrected chi connectivity index (χ1v) is 12.0. The van der Waals surface area contributed by atoms with E-state index in [4.69, 9.17) is 11.5 Å². The average Bonchev–Trinajstić information content (AvgIpc) is 3.27. The molecule has 34 heavy (non-hydrogen) atoms. The summed E-state index contributed by atoms with van der Waals surface area (Å²) in [6.45, 7) is 3.44. The summed E-state index contributed by atoms with van der Waals surface area (Å²) in [5.74, 6) is -4.04. The molecule has 1 aromatic heterocycles. The molecule has 0 saturated carbocycles. The maximum atomic E-state index is 12.9. The smallest absolute Gasteiger partial charge is 0.326 e. The third-order valence-corrected chi connectivity index (χ3v) is 5.54. The van der Waals surface area contributed by atoms with E-state index in [1.807, 2.05) is 0 Å². The van der Waals surface area contributed by atoms with Crippen LogP contribution in [-0.2, 0) is 30.4 Å². The van der Waals surface area contributed by atoms with Gasteiger partial charge in [-0.25, -0.2) is 9.78 Å². The molecular weight excluding hydrogens is 466 g/mol. The van der Waals surface area contributed by atoms with Gasteiger partial charge in [-0.15, -0.1) is 0 Å². The van der Waals surface area contributed by atoms with Gasteiger partial charge in [-0.1, -0.05) is 13.8 Å². The van der Waals surface area contributed by atoms with Crippen molar-refractivity contribution >= 4 is 41.4 Å². The molecule has 1 heterocycles. The summed E-state index contributed by atoms with van der Waals surface area (Å²) in [7, 11) is 0. The van der Waals surface area contributed by atoms with Gasteiger partial charge in [0.05, 0.1) is 18.8 Å². The van der Waals surface area contributed by atoms with E-state index in [1.165, 1.54) is 24.3 Å². The van der Waals surface area contributed by atoms with Crippen molar-refractivity contribution in [3.8, 4) is 0 Å². The van der Waals surface area contributed by atoms with Crippen LogP contribution in [0.1, 0.15) is 32.4 Å². The van der Waals surface area contributed by atoms with Crippen LogP contribution in [0.3, 0.4) is 0 Å². The van der Waals surface area contributed by atoms with Gasteiger partial charge in [-0.05, 0) is 24.3 Å². The van der Waals surface area contributed by atoms with E-state index >= 15 is 0 Å². The number of carboxylic acids is 1. The number of thioether (sulfide) groups is 1. The number of hydrogen-bond donors (Lipinski definition) is 7. The first-order valence-electron chi connectivity index (χ1n) is 10.6. The molecule has 0 spiro atoms. The molecule has 1 rings (SSSR count). The molecule has 9 N–H and O–H groups in total. The maximum absolute atomic E-state index is 12.9. The summed E-state index contributed by atoms with van der Waals surface area (Å²) in [5, 5.41) is 16.8. The van der Waals surface area contributed by atoms with E-state index in [0.29, 0.717) is 11.4 Å². The zero-order valence-corrected chi connectivity index (χ0v) is 20.2. The Bertz CT molecular complexity index is 848. The molecule has 0 aliphatic heterocycles. The third-order valence-electron chi connectivity index (χ3n) is 4.90. The van der Waals surface area contributed by atoms with Crippen LogP contribution in [0.4, 0.5) is 0 Å². The molecule has 190 valence electrons. The van der Waals surface area contributed by atoms with Crippen LogP contribution in [0.5, 0.6) is 0 Å². The molecule has 0 aliphatic rings. The Morgan fingerprint density at radius 2 is 1.65 bits per heavy atom. The summed E-state index contributed by atoms with van der Waals surface area (Å²) in [6.07, 6.45) is 4.26. The van der Waals surface area contributed by atoms with E-state index in [9.17, 15) is 29.1 Å². The molecule has 0 fully saturated rings. The second-order valence-corrected chi connectivity index (χ2v) is 9.01. The lowest BCUT2D eigenvalue weighted by atomic mass is 10.0. The molecule has 4 amide bonds. The number of nitrogens with zero attached hydrogens (tertiary/aromatic N) is 1. The number of aliphatic carboxylic acids is 1. The SMILES string of the molecule is CSCCC(NC(=O)C(CC(N)=O)NC(=O)C(N)C(C)C)C(=O)NC(Cc1cnc[nH]1)C(=O)O. The highest BCUT2D eigenvalue weighted by molar-refractivity contribution is 7.98. The number of rotatable bonds is 15. The molecule has 13 nitrogen and oxygen atoms in total. The molecule has 0 saturated heterocycles. The minimum absolute atomic E-state index is 0.0439. The summed E-state index contributed by atoms with van der Waals surface area (Å²) < 4.78 is 0. The first kappa shape index (κ1) is 28.9. The van der Waals surface area contributed by atoms with Crippen LogP contribution >= 0.6 is 11.8 Å². The molecule has 0 aromatic carbocycles. The van der Waals surface area contributed by atoms with Crippen molar-refractivity contribution in [2.24, 2.45) is 17.4 Å². The zero-order chi connectivity index (χ0) is 25.8. The zero-order valence-electron chi connectivity index (χ0n) is 19.4. The fourth-order valence-electron chi connectivity index (χ4n) is 2.85. The van der Waals surface area contributed by atoms with Crippen LogP contribution in [0, 0.1) is 5.92 Å². The molecule has 1 aromatic rings. The molecule has 14 heteroatoms. The van der Waals surface area contributed by atoms with Gasteiger partial charge >= 0.3 is 5.97 Å². The fraction of sp³-hybridized carbons (Fsp3) is 0.600. The highest BCUT2D eigenvalue weighted by Crippen LogP contribution is 2.06. The van der Waals surface area contributed by atoms with Gasteiger partial charge in [-0.3, -0.25) is 19.2 Å². The number of carbonyl (C=O) groups excluding carboxylic acids is 4. The predicted molar refractivity (Wildman–Crippen MR) is 125 cm³/mol. The second kappa shape index (κ2) is 14.2. The Kier molecular flexibility index (Phi) is 12.1. The molecule has 0 bridgehead atoms. The van der Waals surface area contributed by atoms with Gasteiger partial charge < -0.3 is 37.5 Å². The van der Waals surface area contributed by atoms with Crippen LogP contribution < -0.4 is 27.4 Å². The minimum atomic E-state index is -1.35. The number of nitrogens with two attached hydrogens (primary N) is 2. The molecule has 4 unspecified atom stereocenters. The molecule has 4 atom stereocenters. The highest BCUT2D eigenvalue weighted by atomic mass is 32.2. The number of nitrogens with one attached hydrogen (secondary N) is 4. The Hall–Kier alpha value is -3.13. The lowest BCUT2D eigenvalue weighted by Crippen LogP contribution is -2.58. The van der Waals surface area contributed by atoms with E-state index in [1.54, 1.807) is 20.1 Å². The average molecular weight is 500 g/mol. The molecule has 0 radical (unpaired) electrons. The number of imidazole rings is 1. The summed E-state index contributed by atoms with van der Waals surface area (Å²) >= 11 is 1.42. The predicted octanol–water partition coefficient (Wildman–Crippen LogP) is -1.90. The van der Waals surface area contributed by atoms with Crippen molar-refractivity contribution in [3.63, 3.8) is 0 Å². The minimum Gasteiger partial charge on any atom is -0.480 e. The van der Waals surface area contributed by atoms with Crippen LogP contribution in [-0.4, -0.2) is 80.8 Å². The number of carboxylic acid groups (broad SMARTS) is 1. The lowest BCUT2D eigenvalue weighted by molar-refractivity contribution is -0.142. The number of primary amides is 1. The van der Waals surface area contributed by atoms with Crippen LogP contribution in [0.2, 0.25) is 0 Å². The Morgan fingerprint density at radius 1 is 1.06 bits per heavy atom. The number of aromatic amines is 1. The Balaban J connectivity index is 2.97. The van der Waals surface area contributed by atoms with Gasteiger partial charge in [0.2, 0.25) is 23.6 Å². The standard InChI is InChI=1S/C20H33N7O6S/c1-10(2)16(22)19(31)26-13(7-15(21)28)18(30)25-12(4-5-34-3)17(29)27-14(20(32)33)6-11-8-23-9-24-11/h8-10,12-14,16H,4-7,22H2,1-3H3,(H2,21,28)(H,23,24)(H,25,30)(H,26,31)(H,27,29)(H,32,33). The quantitative estimate of drug-likeness (QED) is 0.143. The van der Waals surface area contributed by atoms with Crippen molar-refractivity contribution in [2.45, 2.75) is 57.3 Å². The first-order chi connectivity index (χ1) is 16.0. The van der Waals surface area contributed by atoms with Gasteiger partial charge in [0.1, 0.15) is 18.1 Å². The lowest BCUT2D eigenvalue weighted by Gasteiger charge is -2.25. The van der Waals surface area contributed by atoms with Crippen molar-refractivity contribution in [1.82, 2.24) is 25.9 Å². The normalized spacial score (nSPS) is 14.5. The van der Waals surface area contributed by atoms with Gasteiger partial charge in [-0.2, -0.15) is 11.8 Å². The van der Waals surface area contributed by atoms with Crippen molar-refractivity contribution < 1.29 is 29.1 Å². The number of H-pyrrole nitrogens is 1. The molecular formula is C20H33N7O6S. The number of amides is 4. The van der Waals surface area contributed by atoms with Crippen molar-refractivity contribution in [2.75, 3.05) is 12.0 Å². The monoisotopic (exact) mass is 499 g/mol. The highest BCUT2D eigenvalue weighted by Gasteiger charge is 2.31. The fourth-order valence-corrected chi connectivity index (χ4v) is 3.32. The second-order valence-electron chi connectivity index (χ2n) is 8.02. The summed E-state index contributed by atoms with van der Waals surface area (Å²) in [4.78, 5) is 67.7. The van der Waals surface area contributed by atoms with E-state index in [-0.39, 0.29) is 18.8 Å². The van der Waals surface area contributed by atoms with Crippen molar-refractivity contribution in [3.05, 3.63) is 18.2 Å². The van der Waals surface area contributed by atoms with Crippen LogP contribution in [0.25, 0.3) is 0 Å². The number of carbonyl (C=O) groups is 5. The van der Waals surface area contributed by atoms with Gasteiger partial charge in [0, 0.05) is 18.3 Å². The van der Waals surface area contributed by atoms with Gasteiger partial charge in [0.25, 0.3) is 0 Å². The van der Waals surface area contributed by atoms with Gasteiger partial charge in [0.15, 0.2) is 0 Å². The van der Waals surface area contributed by atoms with Crippen molar-refractivity contribution in [1.29, 1.82) is 0 Å². The largest absolute Gasteiger partial charge is 0.480 e. The van der Waals surface area contributed by atoms with E-state index in [0.717, 1.165) is 0 Å². The van der Waals surface area contributed by atoms with Crippen LogP contribution in [0.15, 0.2) is 12.5 Å². The number of aromatic nitrogens is 2. The molecule has 0 aliphatic carbocycles. The topological polar surface area (TPSA) is 222 Å². The number of hydrogen-bond acceptors (Lipinski definition) is 8. The Morgan fingerprint density at radius 3 is 2.15 bits per heavy atom. The maximum Gasteiger partial charge on any atom is 0.326 e. The van der Waals surface area contributed by atoms with E-state index < -0.39 is 60.2 Å². The summed E-state index contributed by atoms with van der Waals surface area (Å²) in [6, 6.07) is -4.65. The van der Waals surface area contributed by atoms with E-state index in [2.05, 4.69) is 25.9 Å². The Labute approximate surface area is 201 Å². The third kappa shape index (κ3) is 9.79. The summed E-state index contributed by atoms with van der Waals surface area (Å²) in [5.41, 5.74) is 11.5.